The van der Waals surface area contributed by atoms with Gasteiger partial charge in [-0.3, -0.25) is 9.10 Å². The largest absolute Gasteiger partial charge is 0.330 e. The summed E-state index contributed by atoms with van der Waals surface area (Å²) in [6.45, 7) is 5.13. The van der Waals surface area contributed by atoms with Crippen molar-refractivity contribution in [2.75, 3.05) is 23.1 Å². The summed E-state index contributed by atoms with van der Waals surface area (Å²) in [5, 5.41) is 1.98. The normalized spacial score (nSPS) is 15.9. The van der Waals surface area contributed by atoms with E-state index in [1.54, 1.807) is 46.6 Å². The van der Waals surface area contributed by atoms with Crippen molar-refractivity contribution < 1.29 is 13.2 Å². The first-order valence-electron chi connectivity index (χ1n) is 8.04. The Morgan fingerprint density at radius 1 is 1.32 bits per heavy atom. The molecule has 5 nitrogen and oxygen atoms in total. The third-order valence-electron chi connectivity index (χ3n) is 4.04. The number of carbonyl (C=O) groups excluding carboxylic acids is 1. The summed E-state index contributed by atoms with van der Waals surface area (Å²) in [5.41, 5.74) is 1.04. The highest BCUT2D eigenvalue weighted by atomic mass is 32.2. The second-order valence-electron chi connectivity index (χ2n) is 5.85. The second-order valence-corrected chi connectivity index (χ2v) is 8.89. The van der Waals surface area contributed by atoms with Gasteiger partial charge in [-0.2, -0.15) is 0 Å². The lowest BCUT2D eigenvalue weighted by atomic mass is 10.1. The van der Waals surface area contributed by atoms with Gasteiger partial charge in [0.2, 0.25) is 10.0 Å². The molecule has 2 heterocycles. The van der Waals surface area contributed by atoms with E-state index in [-0.39, 0.29) is 11.7 Å². The monoisotopic (exact) mass is 376 g/mol. The minimum Gasteiger partial charge on any atom is -0.330 e. The van der Waals surface area contributed by atoms with Crippen molar-refractivity contribution in [3.05, 3.63) is 64.9 Å². The van der Waals surface area contributed by atoms with Crippen LogP contribution in [0.25, 0.3) is 0 Å². The van der Waals surface area contributed by atoms with Gasteiger partial charge in [0.25, 0.3) is 5.91 Å². The molecule has 0 saturated carbocycles. The van der Waals surface area contributed by atoms with Gasteiger partial charge in [0.15, 0.2) is 0 Å². The first kappa shape index (κ1) is 17.7. The summed E-state index contributed by atoms with van der Waals surface area (Å²) < 4.78 is 25.6. The smallest absolute Gasteiger partial charge is 0.254 e. The highest BCUT2D eigenvalue weighted by Gasteiger charge is 2.29. The second kappa shape index (κ2) is 7.41. The Bertz CT molecular complexity index is 860. The maximum Gasteiger partial charge on any atom is 0.254 e. The Hall–Kier alpha value is -2.12. The van der Waals surface area contributed by atoms with Gasteiger partial charge in [0.05, 0.1) is 18.0 Å². The number of amides is 1. The molecule has 1 aliphatic rings. The molecule has 0 aliphatic carbocycles. The zero-order valence-corrected chi connectivity index (χ0v) is 15.4. The van der Waals surface area contributed by atoms with E-state index >= 15 is 0 Å². The van der Waals surface area contributed by atoms with Gasteiger partial charge in [-0.15, -0.1) is 17.9 Å². The molecular weight excluding hydrogens is 356 g/mol. The van der Waals surface area contributed by atoms with Crippen LogP contribution in [0.3, 0.4) is 0 Å². The van der Waals surface area contributed by atoms with Gasteiger partial charge in [-0.1, -0.05) is 18.2 Å². The number of hydrogen-bond donors (Lipinski definition) is 0. The van der Waals surface area contributed by atoms with Gasteiger partial charge in [-0.05, 0) is 36.1 Å². The molecule has 1 aliphatic heterocycles. The quantitative estimate of drug-likeness (QED) is 0.728. The molecule has 1 aromatic heterocycles. The third-order valence-corrected chi connectivity index (χ3v) is 6.77. The Morgan fingerprint density at radius 3 is 2.80 bits per heavy atom. The first-order chi connectivity index (χ1) is 12.0. The van der Waals surface area contributed by atoms with Crippen molar-refractivity contribution in [3.8, 4) is 0 Å². The average Bonchev–Trinajstić information content (AvgIpc) is 3.23. The van der Waals surface area contributed by atoms with E-state index in [2.05, 4.69) is 6.58 Å². The summed E-state index contributed by atoms with van der Waals surface area (Å²) in [6.07, 6.45) is 2.31. The predicted octanol–water partition coefficient (Wildman–Crippen LogP) is 3.12. The van der Waals surface area contributed by atoms with Crippen LogP contribution in [-0.2, 0) is 16.6 Å². The summed E-state index contributed by atoms with van der Waals surface area (Å²) in [6, 6.07) is 10.8. The number of benzene rings is 1. The standard InChI is InChI=1S/C18H20N2O3S2/c1-2-9-19(14-17-8-4-11-24-17)18(21)15-6-3-7-16(13-15)20-10-5-12-25(20,22)23/h2-4,6-8,11,13H,1,5,9-10,12,14H2. The van der Waals surface area contributed by atoms with Crippen LogP contribution in [0.1, 0.15) is 21.7 Å². The maximum absolute atomic E-state index is 12.9. The summed E-state index contributed by atoms with van der Waals surface area (Å²) >= 11 is 1.60. The van der Waals surface area contributed by atoms with E-state index in [0.717, 1.165) is 4.88 Å². The number of nitrogens with zero attached hydrogens (tertiary/aromatic N) is 2. The van der Waals surface area contributed by atoms with Gasteiger partial charge in [0, 0.05) is 23.5 Å². The van der Waals surface area contributed by atoms with Crippen LogP contribution in [0.5, 0.6) is 0 Å². The van der Waals surface area contributed by atoms with E-state index in [1.165, 1.54) is 4.31 Å². The zero-order chi connectivity index (χ0) is 17.9. The van der Waals surface area contributed by atoms with E-state index < -0.39 is 10.0 Å². The van der Waals surface area contributed by atoms with Crippen LogP contribution in [-0.4, -0.2) is 38.1 Å². The fraction of sp³-hybridized carbons (Fsp3) is 0.278. The Balaban J connectivity index is 1.85. The Morgan fingerprint density at radius 2 is 2.16 bits per heavy atom. The van der Waals surface area contributed by atoms with Crippen LogP contribution < -0.4 is 4.31 Å². The summed E-state index contributed by atoms with van der Waals surface area (Å²) in [7, 11) is -3.26. The molecule has 0 spiro atoms. The van der Waals surface area contributed by atoms with Crippen molar-refractivity contribution in [2.45, 2.75) is 13.0 Å². The number of anilines is 1. The molecule has 0 radical (unpaired) electrons. The van der Waals surface area contributed by atoms with Crippen LogP contribution in [0, 0.1) is 0 Å². The van der Waals surface area contributed by atoms with Crippen molar-refractivity contribution in [2.24, 2.45) is 0 Å². The molecular formula is C18H20N2O3S2. The number of thiophene rings is 1. The molecule has 1 saturated heterocycles. The maximum atomic E-state index is 12.9. The van der Waals surface area contributed by atoms with Crippen molar-refractivity contribution >= 4 is 33.0 Å². The first-order valence-corrected chi connectivity index (χ1v) is 10.5. The molecule has 1 amide bonds. The highest BCUT2D eigenvalue weighted by molar-refractivity contribution is 7.93. The SMILES string of the molecule is C=CCN(Cc1cccs1)C(=O)c1cccc(N2CCCS2(=O)=O)c1. The fourth-order valence-corrected chi connectivity index (χ4v) is 5.15. The van der Waals surface area contributed by atoms with Crippen LogP contribution >= 0.6 is 11.3 Å². The van der Waals surface area contributed by atoms with Crippen LogP contribution in [0.15, 0.2) is 54.4 Å². The minimum atomic E-state index is -3.26. The van der Waals surface area contributed by atoms with E-state index in [1.807, 2.05) is 17.5 Å². The molecule has 0 N–H and O–H groups in total. The lowest BCUT2D eigenvalue weighted by Crippen LogP contribution is -2.31. The van der Waals surface area contributed by atoms with E-state index in [9.17, 15) is 13.2 Å². The molecule has 1 fully saturated rings. The topological polar surface area (TPSA) is 57.7 Å². The number of carbonyl (C=O) groups is 1. The van der Waals surface area contributed by atoms with Gasteiger partial charge in [-0.25, -0.2) is 8.42 Å². The van der Waals surface area contributed by atoms with E-state index in [0.29, 0.717) is 37.3 Å². The fourth-order valence-electron chi connectivity index (χ4n) is 2.87. The molecule has 1 aromatic carbocycles. The molecule has 2 aromatic rings. The zero-order valence-electron chi connectivity index (χ0n) is 13.8. The van der Waals surface area contributed by atoms with Gasteiger partial charge >= 0.3 is 0 Å². The Labute approximate surface area is 152 Å². The molecule has 3 rings (SSSR count). The number of sulfonamides is 1. The summed E-state index contributed by atoms with van der Waals surface area (Å²) in [5.74, 6) is 0.0262. The third kappa shape index (κ3) is 3.93. The minimum absolute atomic E-state index is 0.133. The van der Waals surface area contributed by atoms with Crippen molar-refractivity contribution in [1.82, 2.24) is 4.90 Å². The van der Waals surface area contributed by atoms with Crippen molar-refractivity contribution in [1.29, 1.82) is 0 Å². The number of hydrogen-bond acceptors (Lipinski definition) is 4. The van der Waals surface area contributed by atoms with Gasteiger partial charge in [0.1, 0.15) is 0 Å². The number of rotatable bonds is 6. The Kier molecular flexibility index (Phi) is 5.24. The molecule has 0 bridgehead atoms. The highest BCUT2D eigenvalue weighted by Crippen LogP contribution is 2.25. The summed E-state index contributed by atoms with van der Waals surface area (Å²) in [4.78, 5) is 15.7. The van der Waals surface area contributed by atoms with E-state index in [4.69, 9.17) is 0 Å². The predicted molar refractivity (Wildman–Crippen MR) is 101 cm³/mol. The average molecular weight is 377 g/mol. The van der Waals surface area contributed by atoms with Crippen molar-refractivity contribution in [3.63, 3.8) is 0 Å². The molecule has 132 valence electrons. The lowest BCUT2D eigenvalue weighted by molar-refractivity contribution is 0.0764. The molecule has 7 heteroatoms. The van der Waals surface area contributed by atoms with Crippen LogP contribution in [0.2, 0.25) is 0 Å². The van der Waals surface area contributed by atoms with Crippen LogP contribution in [0.4, 0.5) is 5.69 Å². The molecule has 0 unspecified atom stereocenters. The molecule has 25 heavy (non-hydrogen) atoms. The van der Waals surface area contributed by atoms with Gasteiger partial charge < -0.3 is 4.90 Å². The molecule has 0 atom stereocenters. The lowest BCUT2D eigenvalue weighted by Gasteiger charge is -2.22.